The van der Waals surface area contributed by atoms with Gasteiger partial charge >= 0.3 is 0 Å². The van der Waals surface area contributed by atoms with E-state index in [1.54, 1.807) is 11.3 Å². The SMILES string of the molecule is Cc1nn(C)c2sc(C(=O)NCCCc3nc4ccccc4s3)cc12. The highest BCUT2D eigenvalue weighted by Crippen LogP contribution is 2.27. The molecule has 0 saturated heterocycles. The fourth-order valence-corrected chi connectivity index (χ4v) is 4.92. The van der Waals surface area contributed by atoms with Crippen molar-refractivity contribution in [2.45, 2.75) is 19.8 Å². The molecular formula is C18H18N4OS2. The molecular weight excluding hydrogens is 352 g/mol. The molecule has 3 aromatic heterocycles. The van der Waals surface area contributed by atoms with Gasteiger partial charge in [-0.2, -0.15) is 5.10 Å². The Kier molecular flexibility index (Phi) is 4.27. The molecule has 0 saturated carbocycles. The highest BCUT2D eigenvalue weighted by molar-refractivity contribution is 7.20. The van der Waals surface area contributed by atoms with Gasteiger partial charge in [-0.15, -0.1) is 22.7 Å². The van der Waals surface area contributed by atoms with E-state index in [9.17, 15) is 4.79 Å². The summed E-state index contributed by atoms with van der Waals surface area (Å²) in [6.07, 6.45) is 1.77. The highest BCUT2D eigenvalue weighted by atomic mass is 32.1. The second kappa shape index (κ2) is 6.57. The van der Waals surface area contributed by atoms with Crippen molar-refractivity contribution >= 4 is 49.0 Å². The maximum Gasteiger partial charge on any atom is 0.261 e. The van der Waals surface area contributed by atoms with Gasteiger partial charge in [0.05, 0.1) is 25.8 Å². The first-order chi connectivity index (χ1) is 12.1. The molecule has 0 atom stereocenters. The predicted molar refractivity (Wildman–Crippen MR) is 104 cm³/mol. The van der Waals surface area contributed by atoms with Gasteiger partial charge in [-0.3, -0.25) is 9.48 Å². The number of rotatable bonds is 5. The Balaban J connectivity index is 1.34. The third kappa shape index (κ3) is 3.17. The number of nitrogens with one attached hydrogen (secondary N) is 1. The number of hydrogen-bond donors (Lipinski definition) is 1. The van der Waals surface area contributed by atoms with Gasteiger partial charge in [-0.1, -0.05) is 12.1 Å². The summed E-state index contributed by atoms with van der Waals surface area (Å²) >= 11 is 3.22. The van der Waals surface area contributed by atoms with E-state index in [1.165, 1.54) is 16.0 Å². The zero-order valence-electron chi connectivity index (χ0n) is 14.1. The summed E-state index contributed by atoms with van der Waals surface area (Å²) in [7, 11) is 1.91. The van der Waals surface area contributed by atoms with E-state index in [0.717, 1.165) is 44.2 Å². The third-order valence-corrected chi connectivity index (χ3v) is 6.41. The topological polar surface area (TPSA) is 59.8 Å². The maximum atomic E-state index is 12.3. The number of aromatic nitrogens is 3. The number of hydrogen-bond acceptors (Lipinski definition) is 5. The first kappa shape index (κ1) is 16.2. The molecule has 0 spiro atoms. The molecule has 0 bridgehead atoms. The van der Waals surface area contributed by atoms with Gasteiger partial charge in [0.1, 0.15) is 4.83 Å². The lowest BCUT2D eigenvalue weighted by Gasteiger charge is -2.02. The van der Waals surface area contributed by atoms with E-state index in [-0.39, 0.29) is 5.91 Å². The van der Waals surface area contributed by atoms with Crippen LogP contribution < -0.4 is 5.32 Å². The van der Waals surface area contributed by atoms with Crippen molar-refractivity contribution in [2.24, 2.45) is 7.05 Å². The minimum Gasteiger partial charge on any atom is -0.351 e. The van der Waals surface area contributed by atoms with Crippen molar-refractivity contribution in [1.29, 1.82) is 0 Å². The van der Waals surface area contributed by atoms with Crippen molar-refractivity contribution in [3.8, 4) is 0 Å². The maximum absolute atomic E-state index is 12.3. The lowest BCUT2D eigenvalue weighted by atomic mass is 10.3. The third-order valence-electron chi connectivity index (χ3n) is 4.11. The number of para-hydroxylation sites is 1. The number of carbonyl (C=O) groups excluding carboxylic acids is 1. The number of nitrogens with zero attached hydrogens (tertiary/aromatic N) is 3. The number of thiazole rings is 1. The normalized spacial score (nSPS) is 11.4. The summed E-state index contributed by atoms with van der Waals surface area (Å²) < 4.78 is 3.05. The Bertz CT molecular complexity index is 992. The highest BCUT2D eigenvalue weighted by Gasteiger charge is 2.14. The molecule has 0 fully saturated rings. The van der Waals surface area contributed by atoms with Gasteiger partial charge < -0.3 is 5.32 Å². The molecule has 4 rings (SSSR count). The molecule has 25 heavy (non-hydrogen) atoms. The molecule has 1 aromatic carbocycles. The lowest BCUT2D eigenvalue weighted by Crippen LogP contribution is -2.23. The molecule has 128 valence electrons. The van der Waals surface area contributed by atoms with Crippen LogP contribution in [0.4, 0.5) is 0 Å². The molecule has 3 heterocycles. The summed E-state index contributed by atoms with van der Waals surface area (Å²) in [6, 6.07) is 10.1. The van der Waals surface area contributed by atoms with Gasteiger partial charge in [0.15, 0.2) is 0 Å². The molecule has 1 N–H and O–H groups in total. The molecule has 0 unspecified atom stereocenters. The number of amides is 1. The van der Waals surface area contributed by atoms with Crippen LogP contribution in [0.3, 0.4) is 0 Å². The van der Waals surface area contributed by atoms with Crippen LogP contribution >= 0.6 is 22.7 Å². The molecule has 4 aromatic rings. The Morgan fingerprint density at radius 1 is 1.28 bits per heavy atom. The van der Waals surface area contributed by atoms with Crippen molar-refractivity contribution in [3.63, 3.8) is 0 Å². The average Bonchev–Trinajstić information content (AvgIpc) is 3.27. The molecule has 0 aliphatic carbocycles. The fraction of sp³-hybridized carbons (Fsp3) is 0.278. The minimum absolute atomic E-state index is 0.00935. The van der Waals surface area contributed by atoms with Crippen LogP contribution in [0.25, 0.3) is 20.4 Å². The van der Waals surface area contributed by atoms with Crippen LogP contribution in [0, 0.1) is 6.92 Å². The Morgan fingerprint density at radius 2 is 2.12 bits per heavy atom. The number of aryl methyl sites for hydroxylation is 3. The lowest BCUT2D eigenvalue weighted by molar-refractivity contribution is 0.0957. The van der Waals surface area contributed by atoms with Crippen LogP contribution in [-0.4, -0.2) is 27.2 Å². The molecule has 7 heteroatoms. The van der Waals surface area contributed by atoms with E-state index >= 15 is 0 Å². The average molecular weight is 371 g/mol. The monoisotopic (exact) mass is 370 g/mol. The molecule has 0 aliphatic rings. The number of fused-ring (bicyclic) bond motifs is 2. The first-order valence-corrected chi connectivity index (χ1v) is 9.81. The van der Waals surface area contributed by atoms with Gasteiger partial charge in [0, 0.05) is 25.4 Å². The Labute approximate surface area is 153 Å². The van der Waals surface area contributed by atoms with Gasteiger partial charge in [-0.25, -0.2) is 4.98 Å². The van der Waals surface area contributed by atoms with Crippen LogP contribution in [-0.2, 0) is 13.5 Å². The Hall–Kier alpha value is -2.25. The number of thiophene rings is 1. The van der Waals surface area contributed by atoms with E-state index in [1.807, 2.05) is 42.9 Å². The van der Waals surface area contributed by atoms with Crippen LogP contribution in [0.15, 0.2) is 30.3 Å². The fourth-order valence-electron chi connectivity index (χ4n) is 2.87. The summed E-state index contributed by atoms with van der Waals surface area (Å²) in [5.74, 6) is -0.00935. The summed E-state index contributed by atoms with van der Waals surface area (Å²) in [4.78, 5) is 18.8. The van der Waals surface area contributed by atoms with Gasteiger partial charge in [0.2, 0.25) is 0 Å². The van der Waals surface area contributed by atoms with Gasteiger partial charge in [0.25, 0.3) is 5.91 Å². The van der Waals surface area contributed by atoms with Crippen molar-refractivity contribution in [2.75, 3.05) is 6.54 Å². The summed E-state index contributed by atoms with van der Waals surface area (Å²) in [6.45, 7) is 2.62. The quantitative estimate of drug-likeness (QED) is 0.542. The van der Waals surface area contributed by atoms with E-state index < -0.39 is 0 Å². The van der Waals surface area contributed by atoms with E-state index in [0.29, 0.717) is 6.54 Å². The predicted octanol–water partition coefficient (Wildman–Crippen LogP) is 3.92. The second-order valence-electron chi connectivity index (χ2n) is 5.97. The van der Waals surface area contributed by atoms with Crippen LogP contribution in [0.2, 0.25) is 0 Å². The van der Waals surface area contributed by atoms with Crippen LogP contribution in [0.5, 0.6) is 0 Å². The zero-order valence-corrected chi connectivity index (χ0v) is 15.7. The smallest absolute Gasteiger partial charge is 0.261 e. The van der Waals surface area contributed by atoms with Crippen molar-refractivity contribution in [3.05, 3.63) is 45.9 Å². The molecule has 5 nitrogen and oxygen atoms in total. The van der Waals surface area contributed by atoms with E-state index in [4.69, 9.17) is 0 Å². The zero-order chi connectivity index (χ0) is 17.4. The Morgan fingerprint density at radius 3 is 2.92 bits per heavy atom. The molecule has 1 amide bonds. The summed E-state index contributed by atoms with van der Waals surface area (Å²) in [5.41, 5.74) is 2.02. The number of benzene rings is 1. The molecule has 0 radical (unpaired) electrons. The van der Waals surface area contributed by atoms with Crippen LogP contribution in [0.1, 0.15) is 26.8 Å². The van der Waals surface area contributed by atoms with Crippen molar-refractivity contribution in [1.82, 2.24) is 20.1 Å². The first-order valence-electron chi connectivity index (χ1n) is 8.17. The number of carbonyl (C=O) groups is 1. The standard InChI is InChI=1S/C18H18N4OS2/c1-11-12-10-15(25-18(12)22(2)21-11)17(23)19-9-5-8-16-20-13-6-3-4-7-14(13)24-16/h3-4,6-7,10H,5,8-9H2,1-2H3,(H,19,23). The largest absolute Gasteiger partial charge is 0.351 e. The second-order valence-corrected chi connectivity index (χ2v) is 8.12. The summed E-state index contributed by atoms with van der Waals surface area (Å²) in [5, 5.41) is 9.56. The van der Waals surface area contributed by atoms with Crippen molar-refractivity contribution < 1.29 is 4.79 Å². The minimum atomic E-state index is -0.00935. The van der Waals surface area contributed by atoms with Gasteiger partial charge in [-0.05, 0) is 31.5 Å². The molecule has 0 aliphatic heterocycles. The van der Waals surface area contributed by atoms with E-state index in [2.05, 4.69) is 21.5 Å².